The van der Waals surface area contributed by atoms with Crippen LogP contribution in [-0.2, 0) is 0 Å². The van der Waals surface area contributed by atoms with Crippen molar-refractivity contribution >= 4 is 22.6 Å². The number of nitro groups is 1. The number of carbonyl (C=O) groups is 1. The molecule has 148 valence electrons. The minimum Gasteiger partial charge on any atom is -0.422 e. The average molecular weight is 386 g/mol. The zero-order chi connectivity index (χ0) is 19.7. The van der Waals surface area contributed by atoms with Crippen molar-refractivity contribution in [2.24, 2.45) is 0 Å². The number of piperazine rings is 1. The van der Waals surface area contributed by atoms with Crippen LogP contribution >= 0.6 is 0 Å². The van der Waals surface area contributed by atoms with Gasteiger partial charge in [0.2, 0.25) is 0 Å². The number of nitrogens with one attached hydrogen (secondary N) is 1. The molecule has 0 radical (unpaired) electrons. The summed E-state index contributed by atoms with van der Waals surface area (Å²) in [5.41, 5.74) is -0.634. The van der Waals surface area contributed by atoms with Crippen LogP contribution in [0.3, 0.4) is 0 Å². The lowest BCUT2D eigenvalue weighted by Crippen LogP contribution is -3.18. The summed E-state index contributed by atoms with van der Waals surface area (Å²) >= 11 is 0. The van der Waals surface area contributed by atoms with Gasteiger partial charge in [-0.2, -0.15) is 0 Å². The summed E-state index contributed by atoms with van der Waals surface area (Å²) in [6.07, 6.45) is 6.43. The van der Waals surface area contributed by atoms with E-state index in [-0.39, 0.29) is 22.7 Å². The van der Waals surface area contributed by atoms with E-state index >= 15 is 0 Å². The van der Waals surface area contributed by atoms with Crippen molar-refractivity contribution in [3.63, 3.8) is 0 Å². The summed E-state index contributed by atoms with van der Waals surface area (Å²) in [6.45, 7) is 3.00. The Morgan fingerprint density at radius 1 is 1.14 bits per heavy atom. The normalized spacial score (nSPS) is 19.1. The number of carbonyl (C=O) groups excluding carboxylic acids is 1. The number of rotatable bonds is 3. The highest BCUT2D eigenvalue weighted by molar-refractivity contribution is 5.97. The molecule has 0 bridgehead atoms. The topological polar surface area (TPSA) is 98.1 Å². The highest BCUT2D eigenvalue weighted by Crippen LogP contribution is 2.21. The largest absolute Gasteiger partial charge is 0.422 e. The lowest BCUT2D eigenvalue weighted by atomic mass is 9.94. The predicted octanol–water partition coefficient (Wildman–Crippen LogP) is 1.37. The summed E-state index contributed by atoms with van der Waals surface area (Å²) in [7, 11) is 0. The molecule has 2 fully saturated rings. The summed E-state index contributed by atoms with van der Waals surface area (Å²) in [4.78, 5) is 38.9. The van der Waals surface area contributed by atoms with Crippen LogP contribution in [-0.4, -0.2) is 48.0 Å². The number of hydrogen-bond acceptors (Lipinski definition) is 5. The van der Waals surface area contributed by atoms with E-state index in [0.29, 0.717) is 24.5 Å². The van der Waals surface area contributed by atoms with Crippen LogP contribution in [0.15, 0.2) is 33.5 Å². The minimum absolute atomic E-state index is 0.0610. The highest BCUT2D eigenvalue weighted by Gasteiger charge is 2.31. The smallest absolute Gasteiger partial charge is 0.349 e. The van der Waals surface area contributed by atoms with E-state index in [1.54, 1.807) is 9.80 Å². The van der Waals surface area contributed by atoms with E-state index in [1.165, 1.54) is 56.4 Å². The van der Waals surface area contributed by atoms with Crippen molar-refractivity contribution in [3.8, 4) is 0 Å². The van der Waals surface area contributed by atoms with Crippen LogP contribution in [0.4, 0.5) is 5.69 Å². The molecule has 2 aliphatic rings. The number of fused-ring (bicyclic) bond motifs is 1. The van der Waals surface area contributed by atoms with Gasteiger partial charge in [0.05, 0.1) is 37.1 Å². The highest BCUT2D eigenvalue weighted by atomic mass is 16.6. The molecule has 1 aromatic heterocycles. The quantitative estimate of drug-likeness (QED) is 0.488. The second kappa shape index (κ2) is 7.71. The van der Waals surface area contributed by atoms with Crippen LogP contribution in [0.25, 0.3) is 11.0 Å². The summed E-state index contributed by atoms with van der Waals surface area (Å²) in [6, 6.07) is 6.09. The molecule has 1 saturated carbocycles. The van der Waals surface area contributed by atoms with Crippen LogP contribution in [0.1, 0.15) is 42.5 Å². The summed E-state index contributed by atoms with van der Waals surface area (Å²) < 4.78 is 5.22. The fourth-order valence-electron chi connectivity index (χ4n) is 4.46. The number of hydrogen-bond donors (Lipinski definition) is 1. The Balaban J connectivity index is 1.51. The van der Waals surface area contributed by atoms with Gasteiger partial charge in [0.15, 0.2) is 0 Å². The molecule has 1 amide bonds. The Morgan fingerprint density at radius 3 is 2.54 bits per heavy atom. The maximum atomic E-state index is 12.9. The van der Waals surface area contributed by atoms with Gasteiger partial charge in [0, 0.05) is 17.5 Å². The molecule has 28 heavy (non-hydrogen) atoms. The molecule has 0 atom stereocenters. The molecule has 4 rings (SSSR count). The van der Waals surface area contributed by atoms with Crippen molar-refractivity contribution in [3.05, 3.63) is 50.4 Å². The molecule has 0 spiro atoms. The Morgan fingerprint density at radius 2 is 1.86 bits per heavy atom. The van der Waals surface area contributed by atoms with Crippen LogP contribution in [0, 0.1) is 10.1 Å². The Kier molecular flexibility index (Phi) is 5.13. The van der Waals surface area contributed by atoms with Gasteiger partial charge in [-0.3, -0.25) is 14.9 Å². The fourth-order valence-corrected chi connectivity index (χ4v) is 4.46. The molecule has 1 aliphatic heterocycles. The monoisotopic (exact) mass is 386 g/mol. The molecule has 0 unspecified atom stereocenters. The Labute approximate surface area is 161 Å². The van der Waals surface area contributed by atoms with Gasteiger partial charge in [-0.15, -0.1) is 0 Å². The Bertz CT molecular complexity index is 956. The second-order valence-electron chi connectivity index (χ2n) is 7.71. The molecule has 1 aromatic carbocycles. The Hall–Kier alpha value is -2.74. The lowest BCUT2D eigenvalue weighted by molar-refractivity contribution is -0.930. The number of quaternary nitrogens is 1. The molecule has 2 heterocycles. The number of nitrogens with zero attached hydrogens (tertiary/aromatic N) is 2. The fraction of sp³-hybridized carbons (Fsp3) is 0.500. The van der Waals surface area contributed by atoms with Crippen molar-refractivity contribution in [1.29, 1.82) is 0 Å². The first-order chi connectivity index (χ1) is 13.5. The van der Waals surface area contributed by atoms with E-state index < -0.39 is 10.5 Å². The molecular weight excluding hydrogens is 362 g/mol. The van der Waals surface area contributed by atoms with E-state index in [9.17, 15) is 19.7 Å². The number of amides is 1. The maximum absolute atomic E-state index is 12.9. The second-order valence-corrected chi connectivity index (χ2v) is 7.71. The van der Waals surface area contributed by atoms with Crippen molar-refractivity contribution < 1.29 is 19.0 Å². The van der Waals surface area contributed by atoms with Gasteiger partial charge in [-0.25, -0.2) is 4.79 Å². The summed E-state index contributed by atoms with van der Waals surface area (Å²) in [5.74, 6) is -0.357. The molecule has 1 saturated heterocycles. The molecule has 2 aromatic rings. The van der Waals surface area contributed by atoms with Gasteiger partial charge in [0.1, 0.15) is 11.1 Å². The van der Waals surface area contributed by atoms with Crippen molar-refractivity contribution in [2.45, 2.75) is 38.1 Å². The molecule has 1 aliphatic carbocycles. The van der Waals surface area contributed by atoms with E-state index in [2.05, 4.69) is 0 Å². The molecule has 8 heteroatoms. The first-order valence-corrected chi connectivity index (χ1v) is 9.89. The van der Waals surface area contributed by atoms with E-state index in [0.717, 1.165) is 13.1 Å². The van der Waals surface area contributed by atoms with Crippen molar-refractivity contribution in [2.75, 3.05) is 26.2 Å². The average Bonchev–Trinajstić information content (AvgIpc) is 2.73. The van der Waals surface area contributed by atoms with Crippen LogP contribution in [0.2, 0.25) is 0 Å². The van der Waals surface area contributed by atoms with E-state index in [1.807, 2.05) is 0 Å². The number of nitro benzene ring substituents is 1. The number of benzene rings is 1. The SMILES string of the molecule is O=C(c1cc2cc([N+](=O)[O-])ccc2oc1=O)N1CC[NH+](C2CCCCC2)CC1. The maximum Gasteiger partial charge on any atom is 0.349 e. The van der Waals surface area contributed by atoms with Crippen LogP contribution in [0.5, 0.6) is 0 Å². The first-order valence-electron chi connectivity index (χ1n) is 9.89. The summed E-state index contributed by atoms with van der Waals surface area (Å²) in [5, 5.41) is 11.4. The predicted molar refractivity (Wildman–Crippen MR) is 103 cm³/mol. The third-order valence-corrected chi connectivity index (χ3v) is 6.03. The number of non-ortho nitro benzene ring substituents is 1. The first kappa shape index (κ1) is 18.6. The third kappa shape index (κ3) is 3.64. The van der Waals surface area contributed by atoms with Crippen LogP contribution < -0.4 is 10.5 Å². The van der Waals surface area contributed by atoms with Gasteiger partial charge in [-0.05, 0) is 37.8 Å². The molecule has 8 nitrogen and oxygen atoms in total. The molecule has 1 N–H and O–H groups in total. The van der Waals surface area contributed by atoms with Crippen molar-refractivity contribution in [1.82, 2.24) is 4.90 Å². The van der Waals surface area contributed by atoms with Gasteiger partial charge in [-0.1, -0.05) is 6.42 Å². The third-order valence-electron chi connectivity index (χ3n) is 6.03. The van der Waals surface area contributed by atoms with E-state index in [4.69, 9.17) is 4.42 Å². The van der Waals surface area contributed by atoms with Gasteiger partial charge in [0.25, 0.3) is 11.6 Å². The minimum atomic E-state index is -0.701. The van der Waals surface area contributed by atoms with Gasteiger partial charge >= 0.3 is 5.63 Å². The zero-order valence-corrected chi connectivity index (χ0v) is 15.7. The standard InChI is InChI=1S/C20H23N3O5/c24-19(22-10-8-21(9-11-22)15-4-2-1-3-5-15)17-13-14-12-16(23(26)27)6-7-18(14)28-20(17)25/h6-7,12-13,15H,1-5,8-11H2/p+1. The molecular formula is C20H24N3O5+. The van der Waals surface area contributed by atoms with Gasteiger partial charge < -0.3 is 14.2 Å². The lowest BCUT2D eigenvalue weighted by Gasteiger charge is -2.37. The zero-order valence-electron chi connectivity index (χ0n) is 15.7.